The molecule has 7 heteroatoms. The molecule has 5 nitrogen and oxygen atoms in total. The van der Waals surface area contributed by atoms with Crippen molar-refractivity contribution >= 4 is 27.7 Å². The summed E-state index contributed by atoms with van der Waals surface area (Å²) in [7, 11) is 0. The van der Waals surface area contributed by atoms with Crippen molar-refractivity contribution in [1.29, 1.82) is 0 Å². The van der Waals surface area contributed by atoms with E-state index in [4.69, 9.17) is 4.42 Å². The van der Waals surface area contributed by atoms with Gasteiger partial charge < -0.3 is 14.6 Å². The van der Waals surface area contributed by atoms with Crippen molar-refractivity contribution < 1.29 is 18.4 Å². The van der Waals surface area contributed by atoms with Crippen LogP contribution in [-0.2, 0) is 11.3 Å². The first-order valence-corrected chi connectivity index (χ1v) is 7.84. The number of nitrogens with zero attached hydrogens (tertiary/aromatic N) is 1. The third-order valence-corrected chi connectivity index (χ3v) is 3.62. The van der Waals surface area contributed by atoms with Crippen molar-refractivity contribution in [2.75, 3.05) is 13.1 Å². The van der Waals surface area contributed by atoms with E-state index in [1.54, 1.807) is 18.2 Å². The van der Waals surface area contributed by atoms with E-state index in [2.05, 4.69) is 21.2 Å². The van der Waals surface area contributed by atoms with E-state index >= 15 is 0 Å². The van der Waals surface area contributed by atoms with Crippen molar-refractivity contribution in [1.82, 2.24) is 10.2 Å². The van der Waals surface area contributed by atoms with Crippen molar-refractivity contribution in [3.05, 3.63) is 58.2 Å². The maximum absolute atomic E-state index is 13.2. The number of furan rings is 1. The van der Waals surface area contributed by atoms with Crippen LogP contribution in [0.5, 0.6) is 0 Å². The van der Waals surface area contributed by atoms with E-state index in [1.807, 2.05) is 6.92 Å². The molecule has 0 bridgehead atoms. The predicted octanol–water partition coefficient (Wildman–Crippen LogP) is 2.96. The molecule has 1 aromatic carbocycles. The lowest BCUT2D eigenvalue weighted by Gasteiger charge is -2.21. The Morgan fingerprint density at radius 3 is 2.70 bits per heavy atom. The van der Waals surface area contributed by atoms with Crippen LogP contribution in [-0.4, -0.2) is 29.8 Å². The molecule has 2 amide bonds. The van der Waals surface area contributed by atoms with Gasteiger partial charge in [-0.15, -0.1) is 0 Å². The fourth-order valence-electron chi connectivity index (χ4n) is 2.02. The normalized spacial score (nSPS) is 10.4. The van der Waals surface area contributed by atoms with Gasteiger partial charge in [0, 0.05) is 13.1 Å². The van der Waals surface area contributed by atoms with Gasteiger partial charge in [-0.1, -0.05) is 12.1 Å². The summed E-state index contributed by atoms with van der Waals surface area (Å²) in [5.74, 6) is -0.942. The average molecular weight is 383 g/mol. The summed E-state index contributed by atoms with van der Waals surface area (Å²) in [6.07, 6.45) is 0. The second kappa shape index (κ2) is 7.92. The van der Waals surface area contributed by atoms with Gasteiger partial charge >= 0.3 is 0 Å². The number of likely N-dealkylation sites (N-methyl/N-ethyl adjacent to an activating group) is 1. The Labute approximate surface area is 141 Å². The minimum atomic E-state index is -0.467. The van der Waals surface area contributed by atoms with Crippen LogP contribution in [0.4, 0.5) is 4.39 Å². The zero-order valence-corrected chi connectivity index (χ0v) is 14.1. The van der Waals surface area contributed by atoms with Crippen LogP contribution in [0.2, 0.25) is 0 Å². The Balaban J connectivity index is 1.91. The number of nitrogens with one attached hydrogen (secondary N) is 1. The van der Waals surface area contributed by atoms with Crippen LogP contribution in [0.15, 0.2) is 45.5 Å². The lowest BCUT2D eigenvalue weighted by atomic mass is 10.2. The van der Waals surface area contributed by atoms with Crippen LogP contribution >= 0.6 is 15.9 Å². The van der Waals surface area contributed by atoms with Gasteiger partial charge in [0.1, 0.15) is 5.82 Å². The monoisotopic (exact) mass is 382 g/mol. The molecule has 0 aliphatic rings. The molecule has 1 aromatic heterocycles. The number of halogens is 2. The van der Waals surface area contributed by atoms with Gasteiger partial charge in [-0.2, -0.15) is 0 Å². The number of rotatable bonds is 6. The quantitative estimate of drug-likeness (QED) is 0.835. The van der Waals surface area contributed by atoms with Crippen molar-refractivity contribution in [3.63, 3.8) is 0 Å². The molecule has 0 aliphatic heterocycles. The molecular formula is C16H16BrFN2O3. The number of benzene rings is 1. The van der Waals surface area contributed by atoms with E-state index in [9.17, 15) is 14.0 Å². The van der Waals surface area contributed by atoms with E-state index in [1.165, 1.54) is 23.1 Å². The molecule has 1 N–H and O–H groups in total. The van der Waals surface area contributed by atoms with E-state index in [0.29, 0.717) is 16.8 Å². The molecular weight excluding hydrogens is 367 g/mol. The van der Waals surface area contributed by atoms with Crippen LogP contribution < -0.4 is 5.32 Å². The van der Waals surface area contributed by atoms with Crippen molar-refractivity contribution in [2.45, 2.75) is 13.5 Å². The van der Waals surface area contributed by atoms with Crippen LogP contribution in [0, 0.1) is 5.82 Å². The first-order chi connectivity index (χ1) is 11.0. The third kappa shape index (κ3) is 4.92. The van der Waals surface area contributed by atoms with Crippen LogP contribution in [0.1, 0.15) is 23.0 Å². The molecule has 0 atom stereocenters. The smallest absolute Gasteiger partial charge is 0.287 e. The van der Waals surface area contributed by atoms with Gasteiger partial charge in [0.15, 0.2) is 10.4 Å². The van der Waals surface area contributed by atoms with Gasteiger partial charge in [0.2, 0.25) is 5.91 Å². The average Bonchev–Trinajstić information content (AvgIpc) is 2.96. The lowest BCUT2D eigenvalue weighted by Crippen LogP contribution is -2.39. The molecule has 0 unspecified atom stereocenters. The summed E-state index contributed by atoms with van der Waals surface area (Å²) >= 11 is 3.11. The Morgan fingerprint density at radius 2 is 2.09 bits per heavy atom. The Kier molecular flexibility index (Phi) is 5.92. The van der Waals surface area contributed by atoms with Crippen LogP contribution in [0.3, 0.4) is 0 Å². The second-order valence-corrected chi connectivity index (χ2v) is 5.61. The highest BCUT2D eigenvalue weighted by Crippen LogP contribution is 2.13. The highest BCUT2D eigenvalue weighted by atomic mass is 79.9. The maximum atomic E-state index is 13.2. The number of carbonyl (C=O) groups is 2. The highest BCUT2D eigenvalue weighted by Gasteiger charge is 2.16. The Bertz CT molecular complexity index is 702. The zero-order valence-electron chi connectivity index (χ0n) is 12.5. The molecule has 2 aromatic rings. The fourth-order valence-corrected chi connectivity index (χ4v) is 2.33. The number of hydrogen-bond donors (Lipinski definition) is 1. The summed E-state index contributed by atoms with van der Waals surface area (Å²) in [6.45, 7) is 2.41. The molecule has 0 spiro atoms. The summed E-state index contributed by atoms with van der Waals surface area (Å²) in [4.78, 5) is 25.5. The van der Waals surface area contributed by atoms with Gasteiger partial charge in [-0.25, -0.2) is 4.39 Å². The topological polar surface area (TPSA) is 62.6 Å². The second-order valence-electron chi connectivity index (χ2n) is 4.82. The zero-order chi connectivity index (χ0) is 16.8. The summed E-state index contributed by atoms with van der Waals surface area (Å²) in [5, 5.41) is 2.51. The van der Waals surface area contributed by atoms with Crippen LogP contribution in [0.25, 0.3) is 0 Å². The molecule has 0 radical (unpaired) electrons. The first kappa shape index (κ1) is 17.2. The summed E-state index contributed by atoms with van der Waals surface area (Å²) < 4.78 is 18.7. The standard InChI is InChI=1S/C16H16BrFN2O3/c1-2-20(10-11-4-3-5-12(18)8-11)15(21)9-19-16(22)13-6-7-14(17)23-13/h3-8H,2,9-10H2,1H3,(H,19,22). The largest absolute Gasteiger partial charge is 0.444 e. The molecule has 0 saturated heterocycles. The first-order valence-electron chi connectivity index (χ1n) is 7.05. The molecule has 2 rings (SSSR count). The van der Waals surface area contributed by atoms with E-state index in [0.717, 1.165) is 0 Å². The lowest BCUT2D eigenvalue weighted by molar-refractivity contribution is -0.130. The fraction of sp³-hybridized carbons (Fsp3) is 0.250. The van der Waals surface area contributed by atoms with E-state index in [-0.39, 0.29) is 30.6 Å². The van der Waals surface area contributed by atoms with Gasteiger partial charge in [0.05, 0.1) is 6.54 Å². The van der Waals surface area contributed by atoms with Gasteiger partial charge in [0.25, 0.3) is 5.91 Å². The van der Waals surface area contributed by atoms with Gasteiger partial charge in [-0.3, -0.25) is 9.59 Å². The Hall–Kier alpha value is -2.15. The van der Waals surface area contributed by atoms with Gasteiger partial charge in [-0.05, 0) is 52.7 Å². The molecule has 23 heavy (non-hydrogen) atoms. The SMILES string of the molecule is CCN(Cc1cccc(F)c1)C(=O)CNC(=O)c1ccc(Br)o1. The molecule has 0 fully saturated rings. The third-order valence-electron chi connectivity index (χ3n) is 3.19. The molecule has 0 saturated carbocycles. The highest BCUT2D eigenvalue weighted by molar-refractivity contribution is 9.10. The van der Waals surface area contributed by atoms with Crippen molar-refractivity contribution in [2.24, 2.45) is 0 Å². The number of amides is 2. The minimum absolute atomic E-state index is 0.123. The van der Waals surface area contributed by atoms with Crippen molar-refractivity contribution in [3.8, 4) is 0 Å². The predicted molar refractivity (Wildman–Crippen MR) is 86.2 cm³/mol. The molecule has 0 aliphatic carbocycles. The Morgan fingerprint density at radius 1 is 1.30 bits per heavy atom. The molecule has 122 valence electrons. The maximum Gasteiger partial charge on any atom is 0.287 e. The number of carbonyl (C=O) groups excluding carboxylic acids is 2. The van der Waals surface area contributed by atoms with E-state index < -0.39 is 5.91 Å². The minimum Gasteiger partial charge on any atom is -0.444 e. The number of hydrogen-bond acceptors (Lipinski definition) is 3. The summed E-state index contributed by atoms with van der Waals surface area (Å²) in [5.41, 5.74) is 0.696. The molecule has 1 heterocycles. The summed E-state index contributed by atoms with van der Waals surface area (Å²) in [6, 6.07) is 9.18.